The normalized spacial score (nSPS) is 25.8. The number of nitrogens with zero attached hydrogens (tertiary/aromatic N) is 8. The van der Waals surface area contributed by atoms with Crippen molar-refractivity contribution in [2.45, 2.75) is 208 Å². The summed E-state index contributed by atoms with van der Waals surface area (Å²) in [4.78, 5) is 170. The van der Waals surface area contributed by atoms with Crippen LogP contribution in [0.2, 0.25) is 0 Å². The lowest BCUT2D eigenvalue weighted by molar-refractivity contribution is -0.156. The molecule has 1 fully saturated rings. The molecule has 2 unspecified atom stereocenters. The van der Waals surface area contributed by atoms with Gasteiger partial charge in [0, 0.05) is 55.8 Å². The fourth-order valence-corrected chi connectivity index (χ4v) is 10.5. The monoisotopic (exact) mass is 1230 g/mol. The number of rotatable bonds is 17. The van der Waals surface area contributed by atoms with Crippen LogP contribution in [0.1, 0.15) is 142 Å². The highest BCUT2D eigenvalue weighted by molar-refractivity contribution is 5.99. The van der Waals surface area contributed by atoms with Crippen molar-refractivity contribution in [3.05, 3.63) is 12.2 Å². The zero-order chi connectivity index (χ0) is 67.4. The molecule has 1 aliphatic heterocycles. The standard InChI is InChI=1S/C62H112N12O13/c1-24-26-28-40(11)52(77)51-56(81)65-42(27-25-2)57(82)68(17)35-48(76)71(20)46(33-62(13,14)87)55(80)66-49(38(7)8)60(85)72(21)44(31-36(3)4)54(79)63-41(12)53(78)64-43(29-30-67(15)16)58(83)69(18)34-47(75)70(19)45(32-37(5)6)59(84)73(22)50(39(9)10)61(86)74(51)23/h24,26,36-46,49-52,77,87H,25,27-35H2,1-23H3,(H,63,79)(H,64,78)(H,65,81)(H,66,80)/b26-24+/t40-,41-,42-,43?,44+,45+,46+,49-,50-,51?,52-/m1/s1. The summed E-state index contributed by atoms with van der Waals surface area (Å²) in [6.07, 6.45) is 2.77. The number of carbonyl (C=O) groups excluding carboxylic acids is 11. The summed E-state index contributed by atoms with van der Waals surface area (Å²) in [6, 6.07) is -11.7. The van der Waals surface area contributed by atoms with Crippen molar-refractivity contribution >= 4 is 65.0 Å². The first kappa shape index (κ1) is 78.8. The van der Waals surface area contributed by atoms with Crippen LogP contribution in [0.5, 0.6) is 0 Å². The van der Waals surface area contributed by atoms with Crippen LogP contribution in [-0.2, 0) is 52.7 Å². The quantitative estimate of drug-likeness (QED) is 0.112. The number of carbonyl (C=O) groups is 11. The Balaban J connectivity index is 4.34. The van der Waals surface area contributed by atoms with Crippen LogP contribution in [0.15, 0.2) is 12.2 Å². The molecule has 25 heteroatoms. The van der Waals surface area contributed by atoms with Gasteiger partial charge in [0.05, 0.1) is 24.8 Å². The molecule has 6 N–H and O–H groups in total. The van der Waals surface area contributed by atoms with E-state index in [0.29, 0.717) is 19.4 Å². The summed E-state index contributed by atoms with van der Waals surface area (Å²) in [5, 5.41) is 34.2. The van der Waals surface area contributed by atoms with Gasteiger partial charge in [-0.2, -0.15) is 0 Å². The van der Waals surface area contributed by atoms with Crippen LogP contribution >= 0.6 is 0 Å². The Labute approximate surface area is 519 Å². The average molecular weight is 1230 g/mol. The molecule has 0 aliphatic carbocycles. The van der Waals surface area contributed by atoms with Crippen LogP contribution < -0.4 is 21.3 Å². The van der Waals surface area contributed by atoms with E-state index in [0.717, 1.165) is 19.6 Å². The van der Waals surface area contributed by atoms with Crippen LogP contribution in [-0.4, -0.2) is 264 Å². The van der Waals surface area contributed by atoms with Crippen molar-refractivity contribution in [3.63, 3.8) is 0 Å². The van der Waals surface area contributed by atoms with Gasteiger partial charge in [0.2, 0.25) is 65.0 Å². The third kappa shape index (κ3) is 23.7. The summed E-state index contributed by atoms with van der Waals surface area (Å²) in [5.41, 5.74) is -1.55. The lowest BCUT2D eigenvalue weighted by atomic mass is 9.91. The Morgan fingerprint density at radius 2 is 1.02 bits per heavy atom. The van der Waals surface area contributed by atoms with Crippen molar-refractivity contribution in [2.75, 3.05) is 83.1 Å². The van der Waals surface area contributed by atoms with E-state index in [2.05, 4.69) is 21.3 Å². The van der Waals surface area contributed by atoms with Crippen LogP contribution in [0, 0.1) is 29.6 Å². The molecule has 1 saturated heterocycles. The van der Waals surface area contributed by atoms with Crippen molar-refractivity contribution < 1.29 is 63.0 Å². The summed E-state index contributed by atoms with van der Waals surface area (Å²) < 4.78 is 0. The van der Waals surface area contributed by atoms with Gasteiger partial charge in [-0.15, -0.1) is 0 Å². The summed E-state index contributed by atoms with van der Waals surface area (Å²) in [5.74, 6) is -10.1. The van der Waals surface area contributed by atoms with E-state index in [9.17, 15) is 58.2 Å². The minimum Gasteiger partial charge on any atom is -0.390 e. The molecule has 1 heterocycles. The van der Waals surface area contributed by atoms with Gasteiger partial charge in [-0.05, 0) is 110 Å². The first-order valence-electron chi connectivity index (χ1n) is 30.8. The van der Waals surface area contributed by atoms with E-state index >= 15 is 4.79 Å². The molecule has 0 spiro atoms. The maximum Gasteiger partial charge on any atom is 0.246 e. The Morgan fingerprint density at radius 1 is 0.563 bits per heavy atom. The van der Waals surface area contributed by atoms with Gasteiger partial charge in [0.25, 0.3) is 0 Å². The molecule has 87 heavy (non-hydrogen) atoms. The molecular weight excluding hydrogens is 1120 g/mol. The zero-order valence-electron chi connectivity index (χ0n) is 56.8. The topological polar surface area (TPSA) is 302 Å². The number of aliphatic hydroxyl groups excluding tert-OH is 1. The molecule has 0 bridgehead atoms. The van der Waals surface area contributed by atoms with Crippen LogP contribution in [0.25, 0.3) is 0 Å². The summed E-state index contributed by atoms with van der Waals surface area (Å²) >= 11 is 0. The fraction of sp³-hybridized carbons (Fsp3) is 0.790. The number of nitrogens with one attached hydrogen (secondary N) is 4. The van der Waals surface area contributed by atoms with Gasteiger partial charge in [-0.3, -0.25) is 52.7 Å². The Kier molecular flexibility index (Phi) is 32.3. The molecule has 0 radical (unpaired) electrons. The predicted octanol–water partition coefficient (Wildman–Crippen LogP) is 1.29. The van der Waals surface area contributed by atoms with Crippen molar-refractivity contribution in [3.8, 4) is 0 Å². The number of hydrogen-bond acceptors (Lipinski definition) is 14. The number of likely N-dealkylation sites (N-methyl/N-ethyl adjacent to an activating group) is 7. The van der Waals surface area contributed by atoms with E-state index in [1.54, 1.807) is 79.6 Å². The molecule has 498 valence electrons. The Bertz CT molecular complexity index is 2380. The lowest BCUT2D eigenvalue weighted by Gasteiger charge is -2.41. The average Bonchev–Trinajstić information content (AvgIpc) is 1.67. The van der Waals surface area contributed by atoms with E-state index in [1.165, 1.54) is 84.8 Å². The predicted molar refractivity (Wildman–Crippen MR) is 334 cm³/mol. The van der Waals surface area contributed by atoms with Gasteiger partial charge < -0.3 is 70.7 Å². The van der Waals surface area contributed by atoms with Crippen LogP contribution in [0.3, 0.4) is 0 Å². The lowest BCUT2D eigenvalue weighted by Crippen LogP contribution is -2.63. The van der Waals surface area contributed by atoms with Crippen molar-refractivity contribution in [1.29, 1.82) is 0 Å². The second kappa shape index (κ2) is 35.7. The second-order valence-corrected chi connectivity index (χ2v) is 26.4. The third-order valence-corrected chi connectivity index (χ3v) is 16.0. The van der Waals surface area contributed by atoms with Gasteiger partial charge in [0.15, 0.2) is 0 Å². The smallest absolute Gasteiger partial charge is 0.246 e. The van der Waals surface area contributed by atoms with E-state index in [4.69, 9.17) is 0 Å². The Hall–Kier alpha value is -6.21. The van der Waals surface area contributed by atoms with Crippen molar-refractivity contribution in [1.82, 2.24) is 60.5 Å². The second-order valence-electron chi connectivity index (χ2n) is 26.4. The summed E-state index contributed by atoms with van der Waals surface area (Å²) in [6.45, 7) is 22.9. The van der Waals surface area contributed by atoms with Crippen LogP contribution in [0.4, 0.5) is 0 Å². The molecular formula is C62H112N12O13. The van der Waals surface area contributed by atoms with E-state index in [-0.39, 0.29) is 43.9 Å². The highest BCUT2D eigenvalue weighted by Gasteiger charge is 2.45. The molecule has 1 rings (SSSR count). The molecule has 0 saturated carbocycles. The first-order chi connectivity index (χ1) is 40.1. The number of aliphatic hydroxyl groups is 2. The highest BCUT2D eigenvalue weighted by atomic mass is 16.3. The maximum absolute atomic E-state index is 15.1. The number of allylic oxidation sites excluding steroid dienone is 2. The molecule has 25 nitrogen and oxygen atoms in total. The van der Waals surface area contributed by atoms with E-state index in [1.807, 2.05) is 27.7 Å². The third-order valence-electron chi connectivity index (χ3n) is 16.0. The highest BCUT2D eigenvalue weighted by Crippen LogP contribution is 2.25. The van der Waals surface area contributed by atoms with Gasteiger partial charge >= 0.3 is 0 Å². The first-order valence-corrected chi connectivity index (χ1v) is 30.8. The van der Waals surface area contributed by atoms with Gasteiger partial charge in [-0.25, -0.2) is 0 Å². The van der Waals surface area contributed by atoms with Gasteiger partial charge in [-0.1, -0.05) is 87.8 Å². The Morgan fingerprint density at radius 3 is 1.47 bits per heavy atom. The molecule has 1 aliphatic rings. The minimum atomic E-state index is -1.63. The molecule has 11 atom stereocenters. The molecule has 0 aromatic rings. The van der Waals surface area contributed by atoms with E-state index < -0.39 is 162 Å². The van der Waals surface area contributed by atoms with Crippen molar-refractivity contribution in [2.24, 2.45) is 29.6 Å². The number of amides is 11. The summed E-state index contributed by atoms with van der Waals surface area (Å²) in [7, 11) is 13.2. The number of hydrogen-bond donors (Lipinski definition) is 6. The zero-order valence-corrected chi connectivity index (χ0v) is 56.8. The molecule has 0 aromatic heterocycles. The minimum absolute atomic E-state index is 0.0559. The molecule has 0 aromatic carbocycles. The SMILES string of the molecule is C/C=C/C[C@@H](C)[C@@H](O)C1C(=O)N[C@H](CCC)C(=O)N(C)CC(=O)N(C)[C@@H](CC(C)(C)O)C(=O)N[C@H](C(C)C)C(=O)N(C)[C@@H](CC(C)C)C(=O)N[C@H](C)C(=O)NC(CCN(C)C)C(=O)N(C)CC(=O)N(C)[C@@H](CC(C)C)C(=O)N(C)[C@H](C(C)C)C(=O)N1C. The van der Waals surface area contributed by atoms with Gasteiger partial charge in [0.1, 0.15) is 54.4 Å². The largest absolute Gasteiger partial charge is 0.390 e. The fourth-order valence-electron chi connectivity index (χ4n) is 10.5. The maximum atomic E-state index is 15.1. The molecule has 11 amide bonds.